The predicted octanol–water partition coefficient (Wildman–Crippen LogP) is 5.61. The molecule has 2 aromatic heterocycles. The van der Waals surface area contributed by atoms with Crippen molar-refractivity contribution in [1.29, 1.82) is 0 Å². The van der Waals surface area contributed by atoms with Crippen molar-refractivity contribution < 1.29 is 4.79 Å². The second kappa shape index (κ2) is 10.0. The fourth-order valence-corrected chi connectivity index (χ4v) is 4.37. The van der Waals surface area contributed by atoms with Crippen molar-refractivity contribution in [1.82, 2.24) is 19.9 Å². The van der Waals surface area contributed by atoms with Crippen LogP contribution >= 0.6 is 11.8 Å². The fourth-order valence-electron chi connectivity index (χ4n) is 3.40. The number of hydrogen-bond acceptors (Lipinski definition) is 4. The topological polar surface area (TPSA) is 59.8 Å². The van der Waals surface area contributed by atoms with Crippen LogP contribution in [-0.4, -0.2) is 26.5 Å². The summed E-state index contributed by atoms with van der Waals surface area (Å²) in [7, 11) is 0. The van der Waals surface area contributed by atoms with E-state index in [1.807, 2.05) is 43.5 Å². The van der Waals surface area contributed by atoms with Gasteiger partial charge in [0.1, 0.15) is 0 Å². The first-order valence-electron chi connectivity index (χ1n) is 10.9. The van der Waals surface area contributed by atoms with E-state index in [0.29, 0.717) is 5.56 Å². The number of pyridine rings is 1. The highest BCUT2D eigenvalue weighted by atomic mass is 32.2. The van der Waals surface area contributed by atoms with E-state index in [4.69, 9.17) is 4.98 Å². The summed E-state index contributed by atoms with van der Waals surface area (Å²) in [6.07, 6.45) is 4.58. The lowest BCUT2D eigenvalue weighted by molar-refractivity contribution is 0.0939. The molecular formula is C26H28N4OS. The fraction of sp³-hybridized carbons (Fsp3) is 0.269. The molecule has 32 heavy (non-hydrogen) atoms. The molecule has 0 saturated carbocycles. The number of rotatable bonds is 8. The zero-order valence-electron chi connectivity index (χ0n) is 18.7. The van der Waals surface area contributed by atoms with E-state index in [9.17, 15) is 4.79 Å². The van der Waals surface area contributed by atoms with Crippen LogP contribution in [0.5, 0.6) is 0 Å². The summed E-state index contributed by atoms with van der Waals surface area (Å²) in [4.78, 5) is 21.5. The third-order valence-corrected chi connectivity index (χ3v) is 6.60. The first-order chi connectivity index (χ1) is 15.5. The molecular weight excluding hydrogens is 416 g/mol. The first kappa shape index (κ1) is 22.1. The number of carbonyl (C=O) groups excluding carboxylic acids is 1. The molecule has 0 aliphatic carbocycles. The van der Waals surface area contributed by atoms with Crippen LogP contribution in [0.15, 0.2) is 72.1 Å². The summed E-state index contributed by atoms with van der Waals surface area (Å²) in [6.45, 7) is 6.93. The normalized spacial score (nSPS) is 12.1. The van der Waals surface area contributed by atoms with Crippen LogP contribution in [-0.2, 0) is 12.3 Å². The van der Waals surface area contributed by atoms with Gasteiger partial charge < -0.3 is 9.88 Å². The molecule has 4 rings (SSSR count). The third kappa shape index (κ3) is 5.19. The van der Waals surface area contributed by atoms with Gasteiger partial charge in [0.2, 0.25) is 0 Å². The highest BCUT2D eigenvalue weighted by molar-refractivity contribution is 7.98. The summed E-state index contributed by atoms with van der Waals surface area (Å²) in [5, 5.41) is 3.97. The van der Waals surface area contributed by atoms with E-state index in [1.54, 1.807) is 18.0 Å². The Morgan fingerprint density at radius 3 is 2.50 bits per heavy atom. The van der Waals surface area contributed by atoms with Gasteiger partial charge >= 0.3 is 0 Å². The Bertz CT molecular complexity index is 1200. The minimum absolute atomic E-state index is 0.0223. The lowest BCUT2D eigenvalue weighted by Gasteiger charge is -2.12. The third-order valence-electron chi connectivity index (χ3n) is 5.55. The van der Waals surface area contributed by atoms with Gasteiger partial charge in [-0.05, 0) is 49.6 Å². The summed E-state index contributed by atoms with van der Waals surface area (Å²) < 4.78 is 2.23. The Hall–Kier alpha value is -3.12. The number of amides is 1. The van der Waals surface area contributed by atoms with Gasteiger partial charge in [0.05, 0.1) is 23.8 Å². The van der Waals surface area contributed by atoms with E-state index in [1.165, 1.54) is 11.1 Å². The molecule has 0 fully saturated rings. The molecule has 5 nitrogen and oxygen atoms in total. The van der Waals surface area contributed by atoms with Crippen molar-refractivity contribution in [2.75, 3.05) is 0 Å². The highest BCUT2D eigenvalue weighted by Crippen LogP contribution is 2.27. The van der Waals surface area contributed by atoms with Gasteiger partial charge in [-0.1, -0.05) is 60.6 Å². The predicted molar refractivity (Wildman–Crippen MR) is 131 cm³/mol. The number of aromatic nitrogens is 3. The molecule has 1 unspecified atom stereocenters. The number of imidazole rings is 1. The molecule has 0 spiro atoms. The average molecular weight is 445 g/mol. The van der Waals surface area contributed by atoms with Crippen LogP contribution in [0, 0.1) is 6.92 Å². The molecule has 4 aromatic rings. The van der Waals surface area contributed by atoms with Gasteiger partial charge in [0.15, 0.2) is 5.16 Å². The van der Waals surface area contributed by atoms with Crippen LogP contribution in [0.4, 0.5) is 0 Å². The zero-order valence-corrected chi connectivity index (χ0v) is 19.5. The van der Waals surface area contributed by atoms with E-state index < -0.39 is 0 Å². The van der Waals surface area contributed by atoms with Crippen LogP contribution in [0.1, 0.15) is 47.3 Å². The number of fused-ring (bicyclic) bond motifs is 1. The summed E-state index contributed by atoms with van der Waals surface area (Å²) in [6, 6.07) is 18.6. The maximum atomic E-state index is 12.3. The summed E-state index contributed by atoms with van der Waals surface area (Å²) >= 11 is 1.70. The number of aryl methyl sites for hydroxylation is 1. The first-order valence-corrected chi connectivity index (χ1v) is 11.9. The molecule has 0 aliphatic heterocycles. The lowest BCUT2D eigenvalue weighted by atomic mass is 10.1. The molecule has 1 N–H and O–H groups in total. The lowest BCUT2D eigenvalue weighted by Crippen LogP contribution is -2.31. The number of nitrogens with zero attached hydrogens (tertiary/aromatic N) is 3. The SMILES string of the molecule is CCC(C)NC(=O)c1ccc(CSc2nc3ccncc3n2Cc2ccc(C)cc2)cc1. The van der Waals surface area contributed by atoms with E-state index in [-0.39, 0.29) is 11.9 Å². The minimum Gasteiger partial charge on any atom is -0.350 e. The van der Waals surface area contributed by atoms with Crippen LogP contribution in [0.25, 0.3) is 11.0 Å². The van der Waals surface area contributed by atoms with Crippen LogP contribution in [0.3, 0.4) is 0 Å². The second-order valence-corrected chi connectivity index (χ2v) is 9.04. The zero-order chi connectivity index (χ0) is 22.5. The number of thioether (sulfide) groups is 1. The van der Waals surface area contributed by atoms with Gasteiger partial charge in [0, 0.05) is 23.6 Å². The minimum atomic E-state index is -0.0223. The van der Waals surface area contributed by atoms with Crippen LogP contribution < -0.4 is 5.32 Å². The largest absolute Gasteiger partial charge is 0.350 e. The van der Waals surface area contributed by atoms with Crippen LogP contribution in [0.2, 0.25) is 0 Å². The summed E-state index contributed by atoms with van der Waals surface area (Å²) in [5.74, 6) is 0.753. The summed E-state index contributed by atoms with van der Waals surface area (Å²) in [5.41, 5.74) is 6.32. The standard InChI is InChI=1S/C26H28N4OS/c1-4-19(3)28-25(31)22-11-9-21(10-12-22)17-32-26-29-23-13-14-27-15-24(23)30(26)16-20-7-5-18(2)6-8-20/h5-15,19H,4,16-17H2,1-3H3,(H,28,31). The molecule has 0 bridgehead atoms. The van der Waals surface area contributed by atoms with Crippen molar-refractivity contribution >= 4 is 28.7 Å². The van der Waals surface area contributed by atoms with Gasteiger partial charge in [-0.25, -0.2) is 4.98 Å². The Kier molecular flexibility index (Phi) is 6.90. The van der Waals surface area contributed by atoms with E-state index >= 15 is 0 Å². The number of hydrogen-bond donors (Lipinski definition) is 1. The van der Waals surface area contributed by atoms with Crippen molar-refractivity contribution in [2.45, 2.75) is 50.7 Å². The molecule has 0 saturated heterocycles. The molecule has 6 heteroatoms. The maximum absolute atomic E-state index is 12.3. The Morgan fingerprint density at radius 2 is 1.78 bits per heavy atom. The Labute approximate surface area is 193 Å². The van der Waals surface area contributed by atoms with Gasteiger partial charge in [-0.3, -0.25) is 9.78 Å². The molecule has 0 aliphatic rings. The number of carbonyl (C=O) groups is 1. The molecule has 2 aromatic carbocycles. The second-order valence-electron chi connectivity index (χ2n) is 8.10. The number of nitrogens with one attached hydrogen (secondary N) is 1. The van der Waals surface area contributed by atoms with E-state index in [0.717, 1.165) is 40.5 Å². The Morgan fingerprint density at radius 1 is 1.06 bits per heavy atom. The molecule has 1 atom stereocenters. The number of benzene rings is 2. The highest BCUT2D eigenvalue weighted by Gasteiger charge is 2.13. The van der Waals surface area contributed by atoms with Crippen molar-refractivity contribution in [3.63, 3.8) is 0 Å². The molecule has 1 amide bonds. The average Bonchev–Trinajstić information content (AvgIpc) is 3.16. The maximum Gasteiger partial charge on any atom is 0.251 e. The van der Waals surface area contributed by atoms with Crippen molar-refractivity contribution in [3.8, 4) is 0 Å². The van der Waals surface area contributed by atoms with Gasteiger partial charge in [0.25, 0.3) is 5.91 Å². The van der Waals surface area contributed by atoms with E-state index in [2.05, 4.69) is 53.0 Å². The Balaban J connectivity index is 1.50. The van der Waals surface area contributed by atoms with Gasteiger partial charge in [-0.2, -0.15) is 0 Å². The van der Waals surface area contributed by atoms with Crippen molar-refractivity contribution in [2.24, 2.45) is 0 Å². The molecule has 164 valence electrons. The molecule has 2 heterocycles. The van der Waals surface area contributed by atoms with Crippen molar-refractivity contribution in [3.05, 3.63) is 89.2 Å². The molecule has 0 radical (unpaired) electrons. The quantitative estimate of drug-likeness (QED) is 0.359. The smallest absolute Gasteiger partial charge is 0.251 e. The van der Waals surface area contributed by atoms with Gasteiger partial charge in [-0.15, -0.1) is 0 Å². The monoisotopic (exact) mass is 444 g/mol.